The van der Waals surface area contributed by atoms with Gasteiger partial charge in [-0.05, 0) is 50.7 Å². The van der Waals surface area contributed by atoms with Gasteiger partial charge in [0.2, 0.25) is 0 Å². The van der Waals surface area contributed by atoms with Crippen molar-refractivity contribution >= 4 is 28.6 Å². The minimum absolute atomic E-state index is 0.444. The molecule has 1 heterocycles. The van der Waals surface area contributed by atoms with Gasteiger partial charge in [-0.2, -0.15) is 0 Å². The van der Waals surface area contributed by atoms with Crippen LogP contribution in [-0.2, 0) is 17.0 Å². The molecule has 0 saturated heterocycles. The highest BCUT2D eigenvalue weighted by Gasteiger charge is 2.32. The van der Waals surface area contributed by atoms with Gasteiger partial charge in [0, 0.05) is 29.4 Å². The number of aromatic amines is 1. The van der Waals surface area contributed by atoms with Crippen molar-refractivity contribution in [3.8, 4) is 5.75 Å². The Morgan fingerprint density at radius 2 is 1.93 bits per heavy atom. The fourth-order valence-corrected chi connectivity index (χ4v) is 3.73. The number of benzene rings is 2. The van der Waals surface area contributed by atoms with Crippen LogP contribution in [-0.4, -0.2) is 41.4 Å². The highest BCUT2D eigenvalue weighted by molar-refractivity contribution is 8.00. The summed E-state index contributed by atoms with van der Waals surface area (Å²) in [6, 6.07) is 15.6. The quantitative estimate of drug-likeness (QED) is 0.344. The molecule has 0 fully saturated rings. The van der Waals surface area contributed by atoms with Crippen LogP contribution in [0.3, 0.4) is 0 Å². The number of hydrogen-bond donors (Lipinski definition) is 2. The molecule has 3 rings (SSSR count). The third-order valence-corrected chi connectivity index (χ3v) is 5.81. The number of esters is 1. The van der Waals surface area contributed by atoms with Gasteiger partial charge in [0.15, 0.2) is 4.87 Å². The maximum Gasteiger partial charge on any atom is 0.341 e. The number of thioether (sulfide) groups is 1. The van der Waals surface area contributed by atoms with E-state index in [-0.39, 0.29) is 0 Å². The largest absolute Gasteiger partial charge is 0.424 e. The van der Waals surface area contributed by atoms with Gasteiger partial charge in [-0.3, -0.25) is 0 Å². The van der Waals surface area contributed by atoms with Gasteiger partial charge in [-0.25, -0.2) is 4.79 Å². The fourth-order valence-electron chi connectivity index (χ4n) is 2.91. The second-order valence-corrected chi connectivity index (χ2v) is 8.74. The smallest absolute Gasteiger partial charge is 0.341 e. The number of hydrogen-bond acceptors (Lipinski definition) is 5. The Labute approximate surface area is 170 Å². The van der Waals surface area contributed by atoms with E-state index in [1.807, 2.05) is 68.8 Å². The molecule has 1 atom stereocenters. The lowest BCUT2D eigenvalue weighted by Crippen LogP contribution is -2.44. The molecular weight excluding hydrogens is 370 g/mol. The van der Waals surface area contributed by atoms with E-state index in [2.05, 4.69) is 9.88 Å². The summed E-state index contributed by atoms with van der Waals surface area (Å²) < 4.78 is 5.77. The van der Waals surface area contributed by atoms with Crippen molar-refractivity contribution < 1.29 is 9.53 Å². The van der Waals surface area contributed by atoms with Gasteiger partial charge in [0.05, 0.1) is 0 Å². The molecule has 0 aliphatic rings. The van der Waals surface area contributed by atoms with E-state index in [4.69, 9.17) is 10.5 Å². The Kier molecular flexibility index (Phi) is 6.44. The summed E-state index contributed by atoms with van der Waals surface area (Å²) in [5, 5.41) is 0.946. The zero-order chi connectivity index (χ0) is 20.1. The van der Waals surface area contributed by atoms with Crippen LogP contribution in [0.1, 0.15) is 18.1 Å². The van der Waals surface area contributed by atoms with Crippen molar-refractivity contribution in [2.24, 2.45) is 5.73 Å². The summed E-state index contributed by atoms with van der Waals surface area (Å²) in [4.78, 5) is 17.1. The number of H-pyrrole nitrogens is 1. The van der Waals surface area contributed by atoms with E-state index in [0.29, 0.717) is 11.5 Å². The minimum Gasteiger partial charge on any atom is -0.424 e. The lowest BCUT2D eigenvalue weighted by Gasteiger charge is -2.22. The van der Waals surface area contributed by atoms with Crippen molar-refractivity contribution in [2.75, 3.05) is 20.6 Å². The van der Waals surface area contributed by atoms with Crippen LogP contribution in [0.2, 0.25) is 0 Å². The van der Waals surface area contributed by atoms with E-state index in [1.165, 1.54) is 11.8 Å². The fraction of sp³-hybridized carbons (Fsp3) is 0.318. The summed E-state index contributed by atoms with van der Waals surface area (Å²) in [6.45, 7) is 2.61. The van der Waals surface area contributed by atoms with Gasteiger partial charge in [0.1, 0.15) is 5.75 Å². The number of rotatable bonds is 8. The number of carbonyl (C=O) groups excluding carboxylic acids is 1. The number of nitrogens with zero attached hydrogens (tertiary/aromatic N) is 1. The van der Waals surface area contributed by atoms with Crippen molar-refractivity contribution in [2.45, 2.75) is 24.0 Å². The zero-order valence-corrected chi connectivity index (χ0v) is 17.4. The van der Waals surface area contributed by atoms with E-state index in [1.54, 1.807) is 6.92 Å². The summed E-state index contributed by atoms with van der Waals surface area (Å²) in [6.07, 6.45) is 2.85. The van der Waals surface area contributed by atoms with Crippen molar-refractivity contribution in [3.05, 3.63) is 65.9 Å². The minimum atomic E-state index is -1.14. The highest BCUT2D eigenvalue weighted by atomic mass is 32.2. The van der Waals surface area contributed by atoms with Crippen molar-refractivity contribution in [1.29, 1.82) is 0 Å². The lowest BCUT2D eigenvalue weighted by molar-refractivity contribution is -0.136. The number of nitrogens with one attached hydrogen (secondary N) is 1. The Bertz CT molecular complexity index is 935. The molecule has 2 aromatic carbocycles. The van der Waals surface area contributed by atoms with Crippen LogP contribution in [0.5, 0.6) is 5.75 Å². The predicted octanol–water partition coefficient (Wildman–Crippen LogP) is 3.79. The Balaban J connectivity index is 1.75. The molecule has 0 aliphatic carbocycles. The summed E-state index contributed by atoms with van der Waals surface area (Å²) >= 11 is 1.37. The molecule has 0 saturated carbocycles. The molecule has 3 aromatic rings. The zero-order valence-electron chi connectivity index (χ0n) is 16.6. The molecule has 0 aliphatic heterocycles. The van der Waals surface area contributed by atoms with Crippen molar-refractivity contribution in [1.82, 2.24) is 9.88 Å². The van der Waals surface area contributed by atoms with E-state index in [0.717, 1.165) is 35.0 Å². The molecule has 5 nitrogen and oxygen atoms in total. The van der Waals surface area contributed by atoms with Crippen LogP contribution in [0.4, 0.5) is 0 Å². The summed E-state index contributed by atoms with van der Waals surface area (Å²) in [5.41, 5.74) is 9.49. The van der Waals surface area contributed by atoms with E-state index < -0.39 is 10.8 Å². The van der Waals surface area contributed by atoms with Gasteiger partial charge >= 0.3 is 5.97 Å². The monoisotopic (exact) mass is 397 g/mol. The number of nitrogens with two attached hydrogens (primary N) is 1. The van der Waals surface area contributed by atoms with E-state index in [9.17, 15) is 4.79 Å². The normalized spacial score (nSPS) is 13.6. The van der Waals surface area contributed by atoms with Crippen LogP contribution in [0.15, 0.2) is 54.7 Å². The Hall–Kier alpha value is -2.28. The highest BCUT2D eigenvalue weighted by Crippen LogP contribution is 2.32. The maximum absolute atomic E-state index is 12.8. The molecule has 1 aromatic heterocycles. The SMILES string of the molecule is CN(C)CCc1c[nH]c2cccc(OC(=O)[C@](C)(N)SCc3ccccc3)c12. The second kappa shape index (κ2) is 8.82. The Morgan fingerprint density at radius 3 is 2.64 bits per heavy atom. The first-order chi connectivity index (χ1) is 13.4. The lowest BCUT2D eigenvalue weighted by atomic mass is 10.1. The number of likely N-dealkylation sites (N-methyl/N-ethyl adjacent to an activating group) is 1. The van der Waals surface area contributed by atoms with Gasteiger partial charge in [-0.1, -0.05) is 36.4 Å². The summed E-state index contributed by atoms with van der Waals surface area (Å²) in [5.74, 6) is 0.751. The molecule has 0 amide bonds. The number of fused-ring (bicyclic) bond motifs is 1. The number of carbonyl (C=O) groups is 1. The van der Waals surface area contributed by atoms with E-state index >= 15 is 0 Å². The molecule has 148 valence electrons. The van der Waals surface area contributed by atoms with Crippen LogP contribution < -0.4 is 10.5 Å². The first-order valence-corrected chi connectivity index (χ1v) is 10.3. The Morgan fingerprint density at radius 1 is 1.18 bits per heavy atom. The maximum atomic E-state index is 12.8. The predicted molar refractivity (Wildman–Crippen MR) is 117 cm³/mol. The van der Waals surface area contributed by atoms with Gasteiger partial charge < -0.3 is 20.4 Å². The molecule has 0 bridgehead atoms. The molecule has 0 spiro atoms. The van der Waals surface area contributed by atoms with Crippen LogP contribution >= 0.6 is 11.8 Å². The van der Waals surface area contributed by atoms with Gasteiger partial charge in [-0.15, -0.1) is 11.8 Å². The average Bonchev–Trinajstić information content (AvgIpc) is 3.10. The van der Waals surface area contributed by atoms with Gasteiger partial charge in [0.25, 0.3) is 0 Å². The average molecular weight is 398 g/mol. The van der Waals surface area contributed by atoms with Crippen LogP contribution in [0.25, 0.3) is 10.9 Å². The first kappa shape index (κ1) is 20.5. The molecule has 6 heteroatoms. The molecule has 3 N–H and O–H groups in total. The first-order valence-electron chi connectivity index (χ1n) is 9.29. The second-order valence-electron chi connectivity index (χ2n) is 7.32. The molecule has 0 radical (unpaired) electrons. The molecule has 0 unspecified atom stereocenters. The molecule has 28 heavy (non-hydrogen) atoms. The topological polar surface area (TPSA) is 71.3 Å². The van der Waals surface area contributed by atoms with Crippen molar-refractivity contribution in [3.63, 3.8) is 0 Å². The molecular formula is C22H27N3O2S. The summed E-state index contributed by atoms with van der Waals surface area (Å²) in [7, 11) is 4.08. The van der Waals surface area contributed by atoms with Crippen LogP contribution in [0, 0.1) is 0 Å². The number of aromatic nitrogens is 1. The third kappa shape index (κ3) is 4.95. The third-order valence-electron chi connectivity index (χ3n) is 4.57. The standard InChI is InChI=1S/C22H27N3O2S/c1-22(23,28-15-16-8-5-4-6-9-16)21(26)27-19-11-7-10-18-20(19)17(14-24-18)12-13-25(2)3/h4-11,14,24H,12-13,15,23H2,1-3H3/t22-/m1/s1. The number of ether oxygens (including phenoxy) is 1.